The first-order valence-corrected chi connectivity index (χ1v) is 7.57. The van der Waals surface area contributed by atoms with E-state index in [0.717, 1.165) is 13.2 Å². The van der Waals surface area contributed by atoms with Gasteiger partial charge in [-0.1, -0.05) is 0 Å². The minimum atomic E-state index is -4.57. The Balaban J connectivity index is 2.15. The van der Waals surface area contributed by atoms with Gasteiger partial charge in [0, 0.05) is 32.7 Å². The predicted molar refractivity (Wildman–Crippen MR) is 79.5 cm³/mol. The first-order chi connectivity index (χ1) is 11.8. The number of piperazine rings is 1. The zero-order chi connectivity index (χ0) is 18.6. The first-order valence-electron chi connectivity index (χ1n) is 7.57. The summed E-state index contributed by atoms with van der Waals surface area (Å²) < 4.78 is 71.9. The second-order valence-corrected chi connectivity index (χ2v) is 5.49. The van der Waals surface area contributed by atoms with E-state index in [2.05, 4.69) is 10.1 Å². The summed E-state index contributed by atoms with van der Waals surface area (Å²) in [5, 5.41) is 4.97. The summed E-state index contributed by atoms with van der Waals surface area (Å²) >= 11 is 0. The Morgan fingerprint density at radius 3 is 2.44 bits per heavy atom. The number of nitrogens with zero attached hydrogens (tertiary/aromatic N) is 1. The highest BCUT2D eigenvalue weighted by molar-refractivity contribution is 5.97. The number of nitrogens with one attached hydrogen (secondary N) is 2. The number of hydrogen-bond donors (Lipinski definition) is 2. The summed E-state index contributed by atoms with van der Waals surface area (Å²) in [6.45, 7) is 0.344. The van der Waals surface area contributed by atoms with Gasteiger partial charge in [0.05, 0.1) is 7.11 Å². The van der Waals surface area contributed by atoms with Gasteiger partial charge < -0.3 is 15.4 Å². The van der Waals surface area contributed by atoms with Gasteiger partial charge >= 0.3 is 6.18 Å². The quantitative estimate of drug-likeness (QED) is 0.776. The van der Waals surface area contributed by atoms with Gasteiger partial charge in [-0.3, -0.25) is 9.69 Å². The largest absolute Gasteiger partial charge is 0.493 e. The molecule has 1 aromatic carbocycles. The van der Waals surface area contributed by atoms with Crippen LogP contribution in [0, 0.1) is 11.6 Å². The number of carbonyl (C=O) groups excluding carboxylic acids is 1. The highest BCUT2D eigenvalue weighted by atomic mass is 19.4. The standard InChI is InChI=1S/C15H18F5N3O2/c1-25-13-10(17)3-2-9(16)12(13)14(24)22-8-11(15(18,19)20)23-6-4-21-5-7-23/h2-3,11,21H,4-8H2,1H3,(H,22,24). The molecule has 5 nitrogen and oxygen atoms in total. The molecule has 1 aromatic rings. The van der Waals surface area contributed by atoms with Crippen LogP contribution in [0.3, 0.4) is 0 Å². The Bertz CT molecular complexity index is 618. The van der Waals surface area contributed by atoms with Crippen LogP contribution >= 0.6 is 0 Å². The van der Waals surface area contributed by atoms with E-state index in [-0.39, 0.29) is 13.1 Å². The van der Waals surface area contributed by atoms with E-state index in [4.69, 9.17) is 0 Å². The molecule has 1 amide bonds. The fourth-order valence-electron chi connectivity index (χ4n) is 2.67. The van der Waals surface area contributed by atoms with Gasteiger partial charge in [-0.15, -0.1) is 0 Å². The van der Waals surface area contributed by atoms with Gasteiger partial charge in [-0.2, -0.15) is 13.2 Å². The number of ether oxygens (including phenoxy) is 1. The lowest BCUT2D eigenvalue weighted by atomic mass is 10.1. The number of hydrogen-bond acceptors (Lipinski definition) is 4. The minimum Gasteiger partial charge on any atom is -0.493 e. The summed E-state index contributed by atoms with van der Waals surface area (Å²) in [5.41, 5.74) is -0.760. The molecular formula is C15H18F5N3O2. The smallest absolute Gasteiger partial charge is 0.405 e. The monoisotopic (exact) mass is 367 g/mol. The van der Waals surface area contributed by atoms with Gasteiger partial charge in [0.25, 0.3) is 5.91 Å². The van der Waals surface area contributed by atoms with E-state index >= 15 is 0 Å². The van der Waals surface area contributed by atoms with Crippen molar-refractivity contribution in [3.05, 3.63) is 29.3 Å². The van der Waals surface area contributed by atoms with Crippen molar-refractivity contribution in [2.24, 2.45) is 0 Å². The second-order valence-electron chi connectivity index (χ2n) is 5.49. The molecule has 1 aliphatic rings. The van der Waals surface area contributed by atoms with Crippen LogP contribution in [-0.2, 0) is 0 Å². The lowest BCUT2D eigenvalue weighted by Crippen LogP contribution is -2.57. The molecule has 2 rings (SSSR count). The molecule has 0 spiro atoms. The van der Waals surface area contributed by atoms with Crippen molar-refractivity contribution < 1.29 is 31.5 Å². The molecule has 1 unspecified atom stereocenters. The fourth-order valence-corrected chi connectivity index (χ4v) is 2.67. The van der Waals surface area contributed by atoms with Crippen LogP contribution in [0.15, 0.2) is 12.1 Å². The van der Waals surface area contributed by atoms with Crippen molar-refractivity contribution in [1.82, 2.24) is 15.5 Å². The van der Waals surface area contributed by atoms with Crippen LogP contribution in [0.5, 0.6) is 5.75 Å². The van der Waals surface area contributed by atoms with E-state index in [0.29, 0.717) is 19.2 Å². The third-order valence-electron chi connectivity index (χ3n) is 3.92. The van der Waals surface area contributed by atoms with Gasteiger partial charge in [0.1, 0.15) is 17.4 Å². The average molecular weight is 367 g/mol. The molecule has 1 atom stereocenters. The Kier molecular flexibility index (Phi) is 6.17. The zero-order valence-electron chi connectivity index (χ0n) is 13.4. The fraction of sp³-hybridized carbons (Fsp3) is 0.533. The van der Waals surface area contributed by atoms with Crippen molar-refractivity contribution >= 4 is 5.91 Å². The third kappa shape index (κ3) is 4.57. The van der Waals surface area contributed by atoms with Crippen LogP contribution in [0.2, 0.25) is 0 Å². The zero-order valence-corrected chi connectivity index (χ0v) is 13.4. The SMILES string of the molecule is COc1c(F)ccc(F)c1C(=O)NCC(N1CCNCC1)C(F)(F)F. The van der Waals surface area contributed by atoms with E-state index in [1.165, 1.54) is 4.90 Å². The Hall–Kier alpha value is -1.94. The summed E-state index contributed by atoms with van der Waals surface area (Å²) in [6.07, 6.45) is -4.57. The Morgan fingerprint density at radius 1 is 1.28 bits per heavy atom. The third-order valence-corrected chi connectivity index (χ3v) is 3.92. The van der Waals surface area contributed by atoms with Crippen LogP contribution in [0.4, 0.5) is 22.0 Å². The van der Waals surface area contributed by atoms with E-state index in [1.807, 2.05) is 5.32 Å². The van der Waals surface area contributed by atoms with E-state index < -0.39 is 47.6 Å². The molecule has 1 heterocycles. The van der Waals surface area contributed by atoms with E-state index in [9.17, 15) is 26.7 Å². The number of carbonyl (C=O) groups is 1. The molecule has 0 saturated carbocycles. The molecule has 0 aromatic heterocycles. The van der Waals surface area contributed by atoms with Crippen molar-refractivity contribution in [3.63, 3.8) is 0 Å². The number of alkyl halides is 3. The lowest BCUT2D eigenvalue weighted by Gasteiger charge is -2.35. The summed E-state index contributed by atoms with van der Waals surface area (Å²) in [4.78, 5) is 13.3. The van der Waals surface area contributed by atoms with E-state index in [1.54, 1.807) is 0 Å². The minimum absolute atomic E-state index is 0.164. The molecule has 0 bridgehead atoms. The molecule has 0 radical (unpaired) electrons. The summed E-state index contributed by atoms with van der Waals surface area (Å²) in [6, 6.07) is -0.435. The van der Waals surface area contributed by atoms with Crippen molar-refractivity contribution in [2.45, 2.75) is 12.2 Å². The predicted octanol–water partition coefficient (Wildman–Crippen LogP) is 1.54. The maximum absolute atomic E-state index is 13.8. The van der Waals surface area contributed by atoms with Crippen LogP contribution < -0.4 is 15.4 Å². The highest BCUT2D eigenvalue weighted by Crippen LogP contribution is 2.27. The lowest BCUT2D eigenvalue weighted by molar-refractivity contribution is -0.183. The number of benzene rings is 1. The van der Waals surface area contributed by atoms with Crippen LogP contribution in [0.25, 0.3) is 0 Å². The summed E-state index contributed by atoms with van der Waals surface area (Å²) in [7, 11) is 1.04. The van der Waals surface area contributed by atoms with Crippen LogP contribution in [0.1, 0.15) is 10.4 Å². The molecule has 1 saturated heterocycles. The number of halogens is 5. The second kappa shape index (κ2) is 7.96. The number of rotatable bonds is 5. The maximum atomic E-state index is 13.8. The summed E-state index contributed by atoms with van der Waals surface area (Å²) in [5.74, 6) is -3.88. The van der Waals surface area contributed by atoms with Crippen molar-refractivity contribution in [3.8, 4) is 5.75 Å². The number of methoxy groups -OCH3 is 1. The molecule has 10 heteroatoms. The molecule has 25 heavy (non-hydrogen) atoms. The average Bonchev–Trinajstić information content (AvgIpc) is 2.56. The molecule has 1 fully saturated rings. The van der Waals surface area contributed by atoms with Gasteiger partial charge in [-0.25, -0.2) is 8.78 Å². The molecule has 1 aliphatic heterocycles. The Morgan fingerprint density at radius 2 is 1.88 bits per heavy atom. The molecule has 2 N–H and O–H groups in total. The molecule has 0 aliphatic carbocycles. The van der Waals surface area contributed by atoms with Crippen molar-refractivity contribution in [1.29, 1.82) is 0 Å². The highest BCUT2D eigenvalue weighted by Gasteiger charge is 2.44. The normalized spacial score (nSPS) is 17.2. The molecular weight excluding hydrogens is 349 g/mol. The number of amides is 1. The first kappa shape index (κ1) is 19.4. The molecule has 140 valence electrons. The van der Waals surface area contributed by atoms with Crippen LogP contribution in [-0.4, -0.2) is 62.9 Å². The topological polar surface area (TPSA) is 53.6 Å². The van der Waals surface area contributed by atoms with Gasteiger partial charge in [0.2, 0.25) is 0 Å². The van der Waals surface area contributed by atoms with Gasteiger partial charge in [0.15, 0.2) is 11.6 Å². The van der Waals surface area contributed by atoms with Gasteiger partial charge in [-0.05, 0) is 12.1 Å². The Labute approximate surface area is 141 Å². The maximum Gasteiger partial charge on any atom is 0.405 e. The van der Waals surface area contributed by atoms with Crippen molar-refractivity contribution in [2.75, 3.05) is 39.8 Å².